The van der Waals surface area contributed by atoms with E-state index < -0.39 is 0 Å². The molecule has 0 N–H and O–H groups in total. The van der Waals surface area contributed by atoms with Gasteiger partial charge in [0.15, 0.2) is 0 Å². The van der Waals surface area contributed by atoms with Gasteiger partial charge in [0, 0.05) is 24.8 Å². The van der Waals surface area contributed by atoms with Gasteiger partial charge < -0.3 is 14.2 Å². The van der Waals surface area contributed by atoms with Crippen molar-refractivity contribution < 1.29 is 14.1 Å². The second-order valence-corrected chi connectivity index (χ2v) is 6.38. The molecule has 2 aromatic rings. The van der Waals surface area contributed by atoms with Crippen LogP contribution in [0.4, 0.5) is 5.82 Å². The van der Waals surface area contributed by atoms with Crippen LogP contribution in [0.5, 0.6) is 0 Å². The average molecular weight is 328 g/mol. The molecule has 7 heteroatoms. The molecule has 0 bridgehead atoms. The van der Waals surface area contributed by atoms with E-state index in [9.17, 15) is 4.79 Å². The molecule has 126 valence electrons. The Morgan fingerprint density at radius 2 is 2.12 bits per heavy atom. The molecule has 2 aliphatic rings. The van der Waals surface area contributed by atoms with Gasteiger partial charge in [-0.1, -0.05) is 5.16 Å². The smallest absolute Gasteiger partial charge is 0.309 e. The molecule has 3 heterocycles. The third kappa shape index (κ3) is 2.86. The number of carbonyl (C=O) groups excluding carboxylic acids is 1. The summed E-state index contributed by atoms with van der Waals surface area (Å²) in [6, 6.07) is 3.97. The Kier molecular flexibility index (Phi) is 3.92. The summed E-state index contributed by atoms with van der Waals surface area (Å²) < 4.78 is 10.1. The Balaban J connectivity index is 1.46. The topological polar surface area (TPSA) is 81.4 Å². The number of aromatic nitrogens is 3. The van der Waals surface area contributed by atoms with Crippen molar-refractivity contribution in [2.75, 3.05) is 25.1 Å². The molecule has 24 heavy (non-hydrogen) atoms. The molecule has 1 saturated heterocycles. The minimum Gasteiger partial charge on any atom is -0.469 e. The maximum absolute atomic E-state index is 11.5. The van der Waals surface area contributed by atoms with Crippen LogP contribution < -0.4 is 4.90 Å². The van der Waals surface area contributed by atoms with Gasteiger partial charge in [-0.15, -0.1) is 0 Å². The Hall–Kier alpha value is -2.44. The summed E-state index contributed by atoms with van der Waals surface area (Å²) in [6.07, 6.45) is 6.23. The van der Waals surface area contributed by atoms with Crippen LogP contribution >= 0.6 is 0 Å². The first kappa shape index (κ1) is 15.1. The molecule has 1 aliphatic carbocycles. The number of pyridine rings is 1. The van der Waals surface area contributed by atoms with Crippen LogP contribution in [0, 0.1) is 5.92 Å². The normalized spacial score (nSPS) is 23.1. The van der Waals surface area contributed by atoms with Gasteiger partial charge >= 0.3 is 5.97 Å². The van der Waals surface area contributed by atoms with Crippen LogP contribution in [0.15, 0.2) is 22.9 Å². The number of piperidine rings is 1. The SMILES string of the molecule is COC(=O)[C@H]1C[C@H]1c1nc(-c2ccc(N3CCCCC3)nc2)no1. The van der Waals surface area contributed by atoms with Crippen molar-refractivity contribution in [1.82, 2.24) is 15.1 Å². The number of ether oxygens (including phenoxy) is 1. The van der Waals surface area contributed by atoms with Gasteiger partial charge in [-0.2, -0.15) is 4.98 Å². The third-order valence-corrected chi connectivity index (χ3v) is 4.74. The molecule has 1 aliphatic heterocycles. The van der Waals surface area contributed by atoms with Crippen molar-refractivity contribution in [3.63, 3.8) is 0 Å². The highest BCUT2D eigenvalue weighted by atomic mass is 16.5. The molecule has 0 unspecified atom stereocenters. The van der Waals surface area contributed by atoms with Crippen molar-refractivity contribution in [1.29, 1.82) is 0 Å². The molecule has 2 aromatic heterocycles. The van der Waals surface area contributed by atoms with Gasteiger partial charge in [0.05, 0.1) is 18.9 Å². The molecule has 1 saturated carbocycles. The molecule has 4 rings (SSSR count). The molecule has 0 aromatic carbocycles. The fourth-order valence-electron chi connectivity index (χ4n) is 3.21. The summed E-state index contributed by atoms with van der Waals surface area (Å²) >= 11 is 0. The Morgan fingerprint density at radius 3 is 2.83 bits per heavy atom. The van der Waals surface area contributed by atoms with Crippen molar-refractivity contribution in [3.8, 4) is 11.4 Å². The number of methoxy groups -OCH3 is 1. The van der Waals surface area contributed by atoms with E-state index in [1.165, 1.54) is 26.4 Å². The van der Waals surface area contributed by atoms with Crippen molar-refractivity contribution in [3.05, 3.63) is 24.2 Å². The number of hydrogen-bond acceptors (Lipinski definition) is 7. The molecular formula is C17H20N4O3. The summed E-state index contributed by atoms with van der Waals surface area (Å²) in [5, 5.41) is 4.02. The fourth-order valence-corrected chi connectivity index (χ4v) is 3.21. The van der Waals surface area contributed by atoms with E-state index >= 15 is 0 Å². The van der Waals surface area contributed by atoms with E-state index in [1.54, 1.807) is 6.20 Å². The maximum atomic E-state index is 11.5. The molecule has 2 fully saturated rings. The van der Waals surface area contributed by atoms with Crippen molar-refractivity contribution >= 4 is 11.8 Å². The van der Waals surface area contributed by atoms with E-state index in [-0.39, 0.29) is 17.8 Å². The maximum Gasteiger partial charge on any atom is 0.309 e. The third-order valence-electron chi connectivity index (χ3n) is 4.74. The van der Waals surface area contributed by atoms with Crippen molar-refractivity contribution in [2.24, 2.45) is 5.92 Å². The second kappa shape index (κ2) is 6.22. The van der Waals surface area contributed by atoms with Crippen LogP contribution in [-0.4, -0.2) is 41.3 Å². The lowest BCUT2D eigenvalue weighted by Crippen LogP contribution is -2.29. The first-order valence-electron chi connectivity index (χ1n) is 8.39. The zero-order valence-corrected chi connectivity index (χ0v) is 13.6. The van der Waals surface area contributed by atoms with E-state index in [2.05, 4.69) is 20.0 Å². The fraction of sp³-hybridized carbons (Fsp3) is 0.529. The van der Waals surface area contributed by atoms with E-state index in [0.717, 1.165) is 24.5 Å². The van der Waals surface area contributed by atoms with E-state index in [1.807, 2.05) is 12.1 Å². The number of carbonyl (C=O) groups is 1. The monoisotopic (exact) mass is 328 g/mol. The predicted octanol–water partition coefficient (Wildman–Crippen LogP) is 2.40. The molecule has 0 radical (unpaired) electrons. The molecule has 7 nitrogen and oxygen atoms in total. The highest BCUT2D eigenvalue weighted by Crippen LogP contribution is 2.47. The summed E-state index contributed by atoms with van der Waals surface area (Å²) in [4.78, 5) is 22.7. The lowest BCUT2D eigenvalue weighted by atomic mass is 10.1. The van der Waals surface area contributed by atoms with Crippen LogP contribution in [0.2, 0.25) is 0 Å². The largest absolute Gasteiger partial charge is 0.469 e. The molecule has 2 atom stereocenters. The molecule has 0 spiro atoms. The van der Waals surface area contributed by atoms with Gasteiger partial charge in [-0.05, 0) is 37.8 Å². The standard InChI is InChI=1S/C17H20N4O3/c1-23-17(22)13-9-12(13)16-19-15(20-24-16)11-5-6-14(18-10-11)21-7-3-2-4-8-21/h5-6,10,12-13H,2-4,7-9H2,1H3/t12-,13+/m1/s1. The average Bonchev–Trinajstić information content (AvgIpc) is 3.30. The number of nitrogens with zero attached hydrogens (tertiary/aromatic N) is 4. The zero-order valence-electron chi connectivity index (χ0n) is 13.6. The first-order valence-corrected chi connectivity index (χ1v) is 8.39. The van der Waals surface area contributed by atoms with Crippen molar-refractivity contribution in [2.45, 2.75) is 31.6 Å². The van der Waals surface area contributed by atoms with Gasteiger partial charge in [0.2, 0.25) is 11.7 Å². The minimum atomic E-state index is -0.215. The highest BCUT2D eigenvalue weighted by molar-refractivity contribution is 5.76. The predicted molar refractivity (Wildman–Crippen MR) is 86.5 cm³/mol. The molecule has 0 amide bonds. The number of rotatable bonds is 4. The lowest BCUT2D eigenvalue weighted by Gasteiger charge is -2.27. The van der Waals surface area contributed by atoms with Crippen LogP contribution in [0.3, 0.4) is 0 Å². The molecular weight excluding hydrogens is 308 g/mol. The number of esters is 1. The van der Waals surface area contributed by atoms with Gasteiger partial charge in [0.25, 0.3) is 0 Å². The Morgan fingerprint density at radius 1 is 1.29 bits per heavy atom. The number of hydrogen-bond donors (Lipinski definition) is 0. The quantitative estimate of drug-likeness (QED) is 0.797. The van der Waals surface area contributed by atoms with Crippen LogP contribution in [-0.2, 0) is 9.53 Å². The number of anilines is 1. The first-order chi connectivity index (χ1) is 11.8. The Bertz CT molecular complexity index is 722. The van der Waals surface area contributed by atoms with E-state index in [0.29, 0.717) is 18.1 Å². The van der Waals surface area contributed by atoms with Gasteiger partial charge in [-0.3, -0.25) is 4.79 Å². The summed E-state index contributed by atoms with van der Waals surface area (Å²) in [7, 11) is 1.40. The minimum absolute atomic E-state index is 0.0146. The Labute approximate surface area is 140 Å². The van der Waals surface area contributed by atoms with Gasteiger partial charge in [0.1, 0.15) is 5.82 Å². The second-order valence-electron chi connectivity index (χ2n) is 6.38. The van der Waals surface area contributed by atoms with Crippen LogP contribution in [0.1, 0.15) is 37.5 Å². The van der Waals surface area contributed by atoms with Gasteiger partial charge in [-0.25, -0.2) is 4.98 Å². The lowest BCUT2D eigenvalue weighted by molar-refractivity contribution is -0.142. The summed E-state index contributed by atoms with van der Waals surface area (Å²) in [5.74, 6) is 1.63. The summed E-state index contributed by atoms with van der Waals surface area (Å²) in [5.41, 5.74) is 0.820. The highest BCUT2D eigenvalue weighted by Gasteiger charge is 2.48. The van der Waals surface area contributed by atoms with Crippen LogP contribution in [0.25, 0.3) is 11.4 Å². The summed E-state index contributed by atoms with van der Waals surface area (Å²) in [6.45, 7) is 2.13. The van der Waals surface area contributed by atoms with E-state index in [4.69, 9.17) is 9.26 Å². The zero-order chi connectivity index (χ0) is 16.5.